The highest BCUT2D eigenvalue weighted by Gasteiger charge is 2.28. The van der Waals surface area contributed by atoms with Crippen LogP contribution in [-0.2, 0) is 6.42 Å². The van der Waals surface area contributed by atoms with Crippen molar-refractivity contribution in [3.05, 3.63) is 35.4 Å². The maximum Gasteiger partial charge on any atom is 0.0959 e. The molecule has 0 amide bonds. The van der Waals surface area contributed by atoms with Gasteiger partial charge in [-0.2, -0.15) is 0 Å². The summed E-state index contributed by atoms with van der Waals surface area (Å²) < 4.78 is 0. The maximum absolute atomic E-state index is 9.52. The molecule has 0 saturated heterocycles. The van der Waals surface area contributed by atoms with Crippen LogP contribution < -0.4 is 0 Å². The van der Waals surface area contributed by atoms with Crippen molar-refractivity contribution in [3.63, 3.8) is 0 Å². The Bertz CT molecular complexity index is 272. The third kappa shape index (κ3) is 1.05. The third-order valence-electron chi connectivity index (χ3n) is 2.13. The first kappa shape index (κ1) is 7.14. The molecule has 2 heteroatoms. The minimum absolute atomic E-state index is 0.132. The van der Waals surface area contributed by atoms with Gasteiger partial charge < -0.3 is 5.11 Å². The largest absolute Gasteiger partial charge is 0.387 e. The van der Waals surface area contributed by atoms with Crippen LogP contribution in [0.25, 0.3) is 0 Å². The average Bonchev–Trinajstić information content (AvgIpc) is 2.30. The first-order valence-electron chi connectivity index (χ1n) is 3.69. The lowest BCUT2D eigenvalue weighted by atomic mass is 10.1. The van der Waals surface area contributed by atoms with Crippen molar-refractivity contribution in [2.24, 2.45) is 0 Å². The van der Waals surface area contributed by atoms with E-state index < -0.39 is 6.10 Å². The lowest BCUT2D eigenvalue weighted by Gasteiger charge is -2.05. The molecule has 0 aromatic heterocycles. The van der Waals surface area contributed by atoms with Gasteiger partial charge in [-0.1, -0.05) is 24.3 Å². The Morgan fingerprint density at radius 1 is 1.36 bits per heavy atom. The van der Waals surface area contributed by atoms with Gasteiger partial charge in [0.15, 0.2) is 0 Å². The van der Waals surface area contributed by atoms with Gasteiger partial charge in [-0.15, -0.1) is 11.6 Å². The molecule has 2 atom stereocenters. The smallest absolute Gasteiger partial charge is 0.0959 e. The lowest BCUT2D eigenvalue weighted by Crippen LogP contribution is -2.04. The van der Waals surface area contributed by atoms with Gasteiger partial charge in [0.25, 0.3) is 0 Å². The van der Waals surface area contributed by atoms with Gasteiger partial charge in [-0.05, 0) is 17.5 Å². The van der Waals surface area contributed by atoms with Crippen molar-refractivity contribution in [2.75, 3.05) is 0 Å². The van der Waals surface area contributed by atoms with Crippen LogP contribution in [0.1, 0.15) is 17.2 Å². The van der Waals surface area contributed by atoms with Crippen LogP contribution in [-0.4, -0.2) is 10.5 Å². The van der Waals surface area contributed by atoms with Gasteiger partial charge in [-0.25, -0.2) is 0 Å². The molecule has 0 fully saturated rings. The summed E-state index contributed by atoms with van der Waals surface area (Å²) in [5.74, 6) is 0. The molecule has 1 aromatic carbocycles. The zero-order chi connectivity index (χ0) is 7.84. The monoisotopic (exact) mass is 168 g/mol. The zero-order valence-electron chi connectivity index (χ0n) is 6.00. The molecule has 1 N–H and O–H groups in total. The highest BCUT2D eigenvalue weighted by atomic mass is 35.5. The van der Waals surface area contributed by atoms with Gasteiger partial charge in [0.05, 0.1) is 11.5 Å². The minimum Gasteiger partial charge on any atom is -0.387 e. The molecule has 1 aliphatic carbocycles. The summed E-state index contributed by atoms with van der Waals surface area (Å²) in [6.45, 7) is 0. The summed E-state index contributed by atoms with van der Waals surface area (Å²) in [7, 11) is 0. The Morgan fingerprint density at radius 2 is 2.09 bits per heavy atom. The van der Waals surface area contributed by atoms with Gasteiger partial charge in [-0.3, -0.25) is 0 Å². The molecule has 1 aliphatic rings. The minimum atomic E-state index is -0.465. The Labute approximate surface area is 70.6 Å². The summed E-state index contributed by atoms with van der Waals surface area (Å²) in [6, 6.07) is 7.85. The molecule has 11 heavy (non-hydrogen) atoms. The van der Waals surface area contributed by atoms with Crippen molar-refractivity contribution in [1.82, 2.24) is 0 Å². The number of hydrogen-bond donors (Lipinski definition) is 1. The summed E-state index contributed by atoms with van der Waals surface area (Å²) in [5, 5.41) is 9.39. The van der Waals surface area contributed by atoms with Crippen LogP contribution >= 0.6 is 11.6 Å². The molecule has 0 heterocycles. The Hall–Kier alpha value is -0.530. The van der Waals surface area contributed by atoms with Crippen LogP contribution in [0.3, 0.4) is 0 Å². The molecular weight excluding hydrogens is 160 g/mol. The van der Waals surface area contributed by atoms with Gasteiger partial charge in [0.2, 0.25) is 0 Å². The van der Waals surface area contributed by atoms with Crippen molar-refractivity contribution in [2.45, 2.75) is 17.9 Å². The second-order valence-corrected chi connectivity index (χ2v) is 3.42. The van der Waals surface area contributed by atoms with E-state index in [0.29, 0.717) is 0 Å². The van der Waals surface area contributed by atoms with Crippen LogP contribution in [0, 0.1) is 0 Å². The summed E-state index contributed by atoms with van der Waals surface area (Å²) >= 11 is 5.88. The highest BCUT2D eigenvalue weighted by molar-refractivity contribution is 6.21. The normalized spacial score (nSPS) is 28.5. The van der Waals surface area contributed by atoms with E-state index in [0.717, 1.165) is 12.0 Å². The fourth-order valence-corrected chi connectivity index (χ4v) is 1.83. The number of aliphatic hydroxyl groups is 1. The number of fused-ring (bicyclic) bond motifs is 1. The quantitative estimate of drug-likeness (QED) is 0.587. The first-order valence-corrected chi connectivity index (χ1v) is 4.12. The summed E-state index contributed by atoms with van der Waals surface area (Å²) in [4.78, 5) is 0. The number of benzene rings is 1. The number of rotatable bonds is 0. The van der Waals surface area contributed by atoms with E-state index in [1.165, 1.54) is 5.56 Å². The van der Waals surface area contributed by atoms with E-state index in [1.807, 2.05) is 24.3 Å². The molecule has 1 nitrogen and oxygen atoms in total. The van der Waals surface area contributed by atoms with E-state index in [1.54, 1.807) is 0 Å². The molecule has 0 spiro atoms. The molecular formula is C9H9ClO. The van der Waals surface area contributed by atoms with Crippen molar-refractivity contribution < 1.29 is 5.11 Å². The second kappa shape index (κ2) is 2.50. The number of hydrogen-bond acceptors (Lipinski definition) is 1. The SMILES string of the molecule is OC1c2ccccc2CC1Cl. The topological polar surface area (TPSA) is 20.2 Å². The van der Waals surface area contributed by atoms with E-state index in [4.69, 9.17) is 11.6 Å². The van der Waals surface area contributed by atoms with E-state index in [2.05, 4.69) is 0 Å². The fourth-order valence-electron chi connectivity index (χ4n) is 1.53. The molecule has 0 saturated carbocycles. The molecule has 58 valence electrons. The van der Waals surface area contributed by atoms with Crippen molar-refractivity contribution >= 4 is 11.6 Å². The zero-order valence-corrected chi connectivity index (χ0v) is 6.75. The Kier molecular flexibility index (Phi) is 1.63. The van der Waals surface area contributed by atoms with Crippen LogP contribution in [0.2, 0.25) is 0 Å². The Balaban J connectivity index is 2.47. The van der Waals surface area contributed by atoms with Crippen LogP contribution in [0.4, 0.5) is 0 Å². The van der Waals surface area contributed by atoms with E-state index >= 15 is 0 Å². The van der Waals surface area contributed by atoms with Gasteiger partial charge in [0, 0.05) is 0 Å². The second-order valence-electron chi connectivity index (χ2n) is 2.86. The lowest BCUT2D eigenvalue weighted by molar-refractivity contribution is 0.183. The first-order chi connectivity index (χ1) is 5.29. The summed E-state index contributed by atoms with van der Waals surface area (Å²) in [5.41, 5.74) is 2.17. The van der Waals surface area contributed by atoms with Crippen molar-refractivity contribution in [3.8, 4) is 0 Å². The van der Waals surface area contributed by atoms with Crippen molar-refractivity contribution in [1.29, 1.82) is 0 Å². The molecule has 2 rings (SSSR count). The summed E-state index contributed by atoms with van der Waals surface area (Å²) in [6.07, 6.45) is 0.326. The molecule has 0 aliphatic heterocycles. The average molecular weight is 169 g/mol. The number of aliphatic hydroxyl groups excluding tert-OH is 1. The molecule has 0 bridgehead atoms. The fraction of sp³-hybridized carbons (Fsp3) is 0.333. The maximum atomic E-state index is 9.52. The Morgan fingerprint density at radius 3 is 2.82 bits per heavy atom. The highest BCUT2D eigenvalue weighted by Crippen LogP contribution is 2.34. The number of alkyl halides is 1. The van der Waals surface area contributed by atoms with Gasteiger partial charge in [0.1, 0.15) is 0 Å². The molecule has 1 aromatic rings. The predicted octanol–water partition coefficient (Wildman–Crippen LogP) is 1.88. The molecule has 0 radical (unpaired) electrons. The van der Waals surface area contributed by atoms with Crippen LogP contribution in [0.5, 0.6) is 0 Å². The van der Waals surface area contributed by atoms with Crippen LogP contribution in [0.15, 0.2) is 24.3 Å². The predicted molar refractivity (Wildman–Crippen MR) is 44.7 cm³/mol. The van der Waals surface area contributed by atoms with E-state index in [-0.39, 0.29) is 5.38 Å². The van der Waals surface area contributed by atoms with E-state index in [9.17, 15) is 5.11 Å². The standard InChI is InChI=1S/C9H9ClO/c10-8-5-6-3-1-2-4-7(6)9(8)11/h1-4,8-9,11H,5H2. The van der Waals surface area contributed by atoms with Gasteiger partial charge >= 0.3 is 0 Å². The molecule has 2 unspecified atom stereocenters. The third-order valence-corrected chi connectivity index (χ3v) is 2.52. The number of halogens is 1.